The summed E-state index contributed by atoms with van der Waals surface area (Å²) in [6, 6.07) is 5.49. The number of halogens is 3. The molecule has 1 saturated carbocycles. The van der Waals surface area contributed by atoms with Gasteiger partial charge in [0.1, 0.15) is 0 Å². The van der Waals surface area contributed by atoms with Crippen molar-refractivity contribution in [3.05, 3.63) is 29.8 Å². The fourth-order valence-corrected chi connectivity index (χ4v) is 6.17. The van der Waals surface area contributed by atoms with E-state index >= 15 is 0 Å². The van der Waals surface area contributed by atoms with Crippen LogP contribution in [-0.4, -0.2) is 72.6 Å². The van der Waals surface area contributed by atoms with Gasteiger partial charge in [0.05, 0.1) is 5.56 Å². The number of piperidine rings is 1. The Morgan fingerprint density at radius 1 is 0.944 bits per heavy atom. The van der Waals surface area contributed by atoms with E-state index in [1.165, 1.54) is 18.6 Å². The minimum absolute atomic E-state index is 0.0734. The van der Waals surface area contributed by atoms with Crippen LogP contribution in [0.25, 0.3) is 0 Å². The van der Waals surface area contributed by atoms with Crippen molar-refractivity contribution in [2.75, 3.05) is 50.7 Å². The highest BCUT2D eigenvalue weighted by Crippen LogP contribution is 2.34. The van der Waals surface area contributed by atoms with E-state index in [-0.39, 0.29) is 30.1 Å². The molecule has 1 aromatic carbocycles. The standard InChI is InChI=1S/C27H38F3N3O3/c28-27(29,30)23-7-4-8-24(18-23)32-15-13-31(14-16-32)11-9-22-19-33(12-10-21(22)17-25(34)35)26(36)20-5-2-1-3-6-20/h4,7-8,18,20-22H,1-3,5-6,9-17,19H2,(H,34,35)/t21-,22+/m0/s1. The van der Waals surface area contributed by atoms with Crippen molar-refractivity contribution in [3.8, 4) is 0 Å². The van der Waals surface area contributed by atoms with Crippen LogP contribution in [0.5, 0.6) is 0 Å². The number of hydrogen-bond acceptors (Lipinski definition) is 4. The fraction of sp³-hybridized carbons (Fsp3) is 0.704. The molecule has 2 saturated heterocycles. The molecule has 200 valence electrons. The van der Waals surface area contributed by atoms with E-state index in [1.54, 1.807) is 6.07 Å². The molecule has 3 fully saturated rings. The lowest BCUT2D eigenvalue weighted by atomic mass is 9.80. The molecule has 9 heteroatoms. The number of likely N-dealkylation sites (tertiary alicyclic amines) is 1. The first-order valence-corrected chi connectivity index (χ1v) is 13.4. The van der Waals surface area contributed by atoms with Gasteiger partial charge in [0.25, 0.3) is 0 Å². The highest BCUT2D eigenvalue weighted by atomic mass is 19.4. The van der Waals surface area contributed by atoms with Crippen molar-refractivity contribution in [2.45, 2.75) is 57.5 Å². The summed E-state index contributed by atoms with van der Waals surface area (Å²) in [5, 5.41) is 9.42. The van der Waals surface area contributed by atoms with Crippen molar-refractivity contribution < 1.29 is 27.9 Å². The second-order valence-electron chi connectivity index (χ2n) is 10.7. The Kier molecular flexibility index (Phi) is 8.80. The van der Waals surface area contributed by atoms with Crippen LogP contribution >= 0.6 is 0 Å². The molecule has 0 radical (unpaired) electrons. The number of rotatable bonds is 7. The molecular formula is C27H38F3N3O3. The van der Waals surface area contributed by atoms with Crippen LogP contribution in [0, 0.1) is 17.8 Å². The highest BCUT2D eigenvalue weighted by molar-refractivity contribution is 5.79. The zero-order valence-corrected chi connectivity index (χ0v) is 20.9. The highest BCUT2D eigenvalue weighted by Gasteiger charge is 2.36. The number of amides is 1. The normalized spacial score (nSPS) is 24.6. The van der Waals surface area contributed by atoms with Gasteiger partial charge in [-0.15, -0.1) is 0 Å². The second-order valence-corrected chi connectivity index (χ2v) is 10.7. The predicted molar refractivity (Wildman–Crippen MR) is 132 cm³/mol. The van der Waals surface area contributed by atoms with Crippen molar-refractivity contribution in [2.24, 2.45) is 17.8 Å². The summed E-state index contributed by atoms with van der Waals surface area (Å²) in [6.07, 6.45) is 2.71. The van der Waals surface area contributed by atoms with Gasteiger partial charge in [-0.1, -0.05) is 25.3 Å². The van der Waals surface area contributed by atoms with Gasteiger partial charge in [-0.3, -0.25) is 14.5 Å². The first-order valence-electron chi connectivity index (χ1n) is 13.4. The SMILES string of the molecule is O=C(O)C[C@@H]1CCN(C(=O)C2CCCCC2)C[C@H]1CCN1CCN(c2cccc(C(F)(F)F)c2)CC1. The van der Waals surface area contributed by atoms with Crippen molar-refractivity contribution in [3.63, 3.8) is 0 Å². The molecule has 4 rings (SSSR count). The lowest BCUT2D eigenvalue weighted by molar-refractivity contribution is -0.142. The molecule has 0 aromatic heterocycles. The number of anilines is 1. The predicted octanol–water partition coefficient (Wildman–Crippen LogP) is 4.74. The first-order chi connectivity index (χ1) is 17.2. The average Bonchev–Trinajstić information content (AvgIpc) is 2.88. The molecule has 1 aliphatic carbocycles. The summed E-state index contributed by atoms with van der Waals surface area (Å²) in [4.78, 5) is 30.9. The summed E-state index contributed by atoms with van der Waals surface area (Å²) in [7, 11) is 0. The lowest BCUT2D eigenvalue weighted by Gasteiger charge is -2.41. The number of carboxylic acid groups (broad SMARTS) is 1. The largest absolute Gasteiger partial charge is 0.481 e. The smallest absolute Gasteiger partial charge is 0.416 e. The van der Waals surface area contributed by atoms with Gasteiger partial charge in [0.15, 0.2) is 0 Å². The molecule has 1 amide bonds. The molecule has 3 aliphatic rings. The summed E-state index contributed by atoms with van der Waals surface area (Å²) in [5.41, 5.74) is -0.0355. The van der Waals surface area contributed by atoms with Crippen LogP contribution in [0.4, 0.5) is 18.9 Å². The maximum Gasteiger partial charge on any atom is 0.416 e. The lowest BCUT2D eigenvalue weighted by Crippen LogP contribution is -2.49. The van der Waals surface area contributed by atoms with E-state index in [2.05, 4.69) is 4.90 Å². The maximum absolute atomic E-state index is 13.1. The Bertz CT molecular complexity index is 896. The Balaban J connectivity index is 1.30. The average molecular weight is 510 g/mol. The van der Waals surface area contributed by atoms with Crippen molar-refractivity contribution in [1.29, 1.82) is 0 Å². The molecule has 1 N–H and O–H groups in total. The number of carbonyl (C=O) groups excluding carboxylic acids is 1. The number of alkyl halides is 3. The number of piperazine rings is 1. The number of benzene rings is 1. The Hall–Kier alpha value is -2.29. The minimum Gasteiger partial charge on any atom is -0.481 e. The number of aliphatic carboxylic acids is 1. The molecule has 0 unspecified atom stereocenters. The van der Waals surface area contributed by atoms with Crippen LogP contribution < -0.4 is 4.90 Å². The molecule has 0 bridgehead atoms. The third kappa shape index (κ3) is 6.93. The Morgan fingerprint density at radius 3 is 2.33 bits per heavy atom. The van der Waals surface area contributed by atoms with E-state index in [4.69, 9.17) is 0 Å². The third-order valence-corrected chi connectivity index (χ3v) is 8.32. The van der Waals surface area contributed by atoms with Gasteiger partial charge >= 0.3 is 12.1 Å². The van der Waals surface area contributed by atoms with Crippen molar-refractivity contribution in [1.82, 2.24) is 9.80 Å². The summed E-state index contributed by atoms with van der Waals surface area (Å²) in [6.45, 7) is 4.89. The molecule has 36 heavy (non-hydrogen) atoms. The van der Waals surface area contributed by atoms with Gasteiger partial charge in [0.2, 0.25) is 5.91 Å². The zero-order valence-electron chi connectivity index (χ0n) is 20.9. The third-order valence-electron chi connectivity index (χ3n) is 8.32. The summed E-state index contributed by atoms with van der Waals surface area (Å²) in [5.74, 6) is -0.178. The minimum atomic E-state index is -4.35. The number of nitrogens with zero attached hydrogens (tertiary/aromatic N) is 3. The maximum atomic E-state index is 13.1. The summed E-state index contributed by atoms with van der Waals surface area (Å²) < 4.78 is 39.2. The van der Waals surface area contributed by atoms with Gasteiger partial charge in [-0.2, -0.15) is 13.2 Å². The Labute approximate surface area is 211 Å². The molecule has 1 aromatic rings. The Morgan fingerprint density at radius 2 is 1.67 bits per heavy atom. The topological polar surface area (TPSA) is 64.1 Å². The number of carbonyl (C=O) groups is 2. The summed E-state index contributed by atoms with van der Waals surface area (Å²) >= 11 is 0. The van der Waals surface area contributed by atoms with E-state index in [9.17, 15) is 27.9 Å². The van der Waals surface area contributed by atoms with E-state index in [0.29, 0.717) is 31.9 Å². The second kappa shape index (κ2) is 11.8. The molecular weight excluding hydrogens is 471 g/mol. The van der Waals surface area contributed by atoms with Gasteiger partial charge in [-0.25, -0.2) is 0 Å². The zero-order chi connectivity index (χ0) is 25.7. The molecule has 2 aliphatic heterocycles. The van der Waals surface area contributed by atoms with E-state index in [0.717, 1.165) is 64.2 Å². The van der Waals surface area contributed by atoms with Gasteiger partial charge < -0.3 is 14.9 Å². The van der Waals surface area contributed by atoms with Gasteiger partial charge in [0, 0.05) is 57.3 Å². The van der Waals surface area contributed by atoms with Crippen LogP contribution in [0.1, 0.15) is 56.9 Å². The number of carboxylic acids is 1. The van der Waals surface area contributed by atoms with Crippen molar-refractivity contribution >= 4 is 17.6 Å². The van der Waals surface area contributed by atoms with Crippen LogP contribution in [-0.2, 0) is 15.8 Å². The molecule has 2 heterocycles. The fourth-order valence-electron chi connectivity index (χ4n) is 6.17. The quantitative estimate of drug-likeness (QED) is 0.576. The monoisotopic (exact) mass is 509 g/mol. The van der Waals surface area contributed by atoms with Crippen LogP contribution in [0.15, 0.2) is 24.3 Å². The van der Waals surface area contributed by atoms with Crippen LogP contribution in [0.3, 0.4) is 0 Å². The number of hydrogen-bond donors (Lipinski definition) is 1. The first kappa shape index (κ1) is 26.8. The molecule has 2 atom stereocenters. The van der Waals surface area contributed by atoms with Gasteiger partial charge in [-0.05, 0) is 62.3 Å². The molecule has 6 nitrogen and oxygen atoms in total. The van der Waals surface area contributed by atoms with Crippen LogP contribution in [0.2, 0.25) is 0 Å². The van der Waals surface area contributed by atoms with E-state index in [1.807, 2.05) is 9.80 Å². The molecule has 0 spiro atoms. The van der Waals surface area contributed by atoms with E-state index < -0.39 is 17.7 Å².